The average molecular weight is 354 g/mol. The summed E-state index contributed by atoms with van der Waals surface area (Å²) < 4.78 is 10.7. The van der Waals surface area contributed by atoms with E-state index in [2.05, 4.69) is 47.3 Å². The Bertz CT molecular complexity index is 826. The van der Waals surface area contributed by atoms with Crippen molar-refractivity contribution >= 4 is 16.9 Å². The average Bonchev–Trinajstić information content (AvgIpc) is 3.09. The van der Waals surface area contributed by atoms with Crippen molar-refractivity contribution in [2.75, 3.05) is 26.7 Å². The van der Waals surface area contributed by atoms with E-state index >= 15 is 0 Å². The van der Waals surface area contributed by atoms with E-state index in [9.17, 15) is 4.79 Å². The number of benzene rings is 1. The zero-order valence-corrected chi connectivity index (χ0v) is 15.4. The molecule has 2 aromatic rings. The topological polar surface area (TPSA) is 54.6 Å². The Balaban J connectivity index is 1.42. The number of piperidine rings is 1. The first-order chi connectivity index (χ1) is 12.7. The maximum absolute atomic E-state index is 12.0. The summed E-state index contributed by atoms with van der Waals surface area (Å²) >= 11 is 0. The monoisotopic (exact) mass is 354 g/mol. The third kappa shape index (κ3) is 3.12. The first-order valence-corrected chi connectivity index (χ1v) is 9.38. The molecule has 0 aliphatic carbocycles. The third-order valence-electron chi connectivity index (χ3n) is 5.95. The largest absolute Gasteiger partial charge is 0.497 e. The van der Waals surface area contributed by atoms with E-state index in [4.69, 9.17) is 9.47 Å². The van der Waals surface area contributed by atoms with Crippen molar-refractivity contribution in [3.63, 3.8) is 0 Å². The molecule has 1 N–H and O–H groups in total. The van der Waals surface area contributed by atoms with Crippen LogP contribution >= 0.6 is 0 Å². The number of rotatable bonds is 4. The number of methoxy groups -OCH3 is 1. The second kappa shape index (κ2) is 7.16. The van der Waals surface area contributed by atoms with Gasteiger partial charge in [0.15, 0.2) is 0 Å². The van der Waals surface area contributed by atoms with E-state index in [0.717, 1.165) is 32.5 Å². The van der Waals surface area contributed by atoms with Gasteiger partial charge in [0.05, 0.1) is 25.0 Å². The number of aromatic nitrogens is 1. The number of hydrogen-bond donors (Lipinski definition) is 1. The van der Waals surface area contributed by atoms with Crippen LogP contribution in [0.25, 0.3) is 10.9 Å². The zero-order chi connectivity index (χ0) is 18.1. The van der Waals surface area contributed by atoms with Crippen LogP contribution in [-0.2, 0) is 20.7 Å². The molecule has 1 aromatic heterocycles. The minimum atomic E-state index is -0.251. The first-order valence-electron chi connectivity index (χ1n) is 9.38. The molecule has 3 atom stereocenters. The van der Waals surface area contributed by atoms with Crippen molar-refractivity contribution in [3.8, 4) is 0 Å². The van der Waals surface area contributed by atoms with Crippen LogP contribution in [0.3, 0.4) is 0 Å². The van der Waals surface area contributed by atoms with Crippen molar-refractivity contribution in [2.24, 2.45) is 11.8 Å². The molecule has 2 aliphatic heterocycles. The van der Waals surface area contributed by atoms with Crippen molar-refractivity contribution in [1.29, 1.82) is 0 Å². The van der Waals surface area contributed by atoms with Crippen molar-refractivity contribution in [3.05, 3.63) is 47.9 Å². The lowest BCUT2D eigenvalue weighted by Crippen LogP contribution is -2.48. The van der Waals surface area contributed by atoms with Crippen LogP contribution < -0.4 is 0 Å². The molecular weight excluding hydrogens is 328 g/mol. The summed E-state index contributed by atoms with van der Waals surface area (Å²) in [6.45, 7) is 5.09. The molecule has 3 heterocycles. The molecule has 0 saturated carbocycles. The molecule has 2 aliphatic rings. The highest BCUT2D eigenvalue weighted by Gasteiger charge is 2.41. The molecule has 1 saturated heterocycles. The molecule has 0 unspecified atom stereocenters. The number of fused-ring (bicyclic) bond motifs is 2. The summed E-state index contributed by atoms with van der Waals surface area (Å²) in [5, 5.41) is 1.31. The summed E-state index contributed by atoms with van der Waals surface area (Å²) in [4.78, 5) is 17.9. The van der Waals surface area contributed by atoms with E-state index in [1.165, 1.54) is 23.6 Å². The number of nitrogens with zero attached hydrogens (tertiary/aromatic N) is 1. The Hall–Kier alpha value is -2.27. The minimum Gasteiger partial charge on any atom is -0.497 e. The van der Waals surface area contributed by atoms with E-state index < -0.39 is 0 Å². The molecule has 4 rings (SSSR count). The predicted octanol–water partition coefficient (Wildman–Crippen LogP) is 3.12. The number of aromatic amines is 1. The fraction of sp³-hybridized carbons (Fsp3) is 0.476. The lowest BCUT2D eigenvalue weighted by Gasteiger charge is -2.43. The van der Waals surface area contributed by atoms with Gasteiger partial charge in [0.2, 0.25) is 0 Å². The van der Waals surface area contributed by atoms with Gasteiger partial charge in [-0.1, -0.05) is 18.2 Å². The number of H-pyrrole nitrogens is 1. The lowest BCUT2D eigenvalue weighted by molar-refractivity contribution is -0.138. The normalized spacial score (nSPS) is 26.1. The van der Waals surface area contributed by atoms with Crippen LogP contribution in [-0.4, -0.2) is 48.7 Å². The Labute approximate surface area is 154 Å². The molecular formula is C21H26N2O3. The predicted molar refractivity (Wildman–Crippen MR) is 101 cm³/mol. The van der Waals surface area contributed by atoms with Gasteiger partial charge in [0, 0.05) is 42.0 Å². The van der Waals surface area contributed by atoms with Crippen LogP contribution in [0, 0.1) is 11.8 Å². The van der Waals surface area contributed by atoms with E-state index in [-0.39, 0.29) is 18.0 Å². The number of ether oxygens (including phenoxy) is 2. The Morgan fingerprint density at radius 3 is 3.08 bits per heavy atom. The highest BCUT2D eigenvalue weighted by Crippen LogP contribution is 2.37. The van der Waals surface area contributed by atoms with Gasteiger partial charge in [-0.3, -0.25) is 0 Å². The Kier molecular flexibility index (Phi) is 4.72. The van der Waals surface area contributed by atoms with Gasteiger partial charge in [-0.05, 0) is 37.9 Å². The fourth-order valence-corrected chi connectivity index (χ4v) is 4.42. The first kappa shape index (κ1) is 17.2. The lowest BCUT2D eigenvalue weighted by atomic mass is 9.76. The Morgan fingerprint density at radius 2 is 2.23 bits per heavy atom. The molecule has 0 radical (unpaired) electrons. The molecule has 0 amide bonds. The van der Waals surface area contributed by atoms with E-state index in [1.807, 2.05) is 0 Å². The molecule has 0 bridgehead atoms. The van der Waals surface area contributed by atoms with Gasteiger partial charge >= 0.3 is 5.97 Å². The van der Waals surface area contributed by atoms with Crippen LogP contribution in [0.2, 0.25) is 0 Å². The number of nitrogens with one attached hydrogen (secondary N) is 1. The van der Waals surface area contributed by atoms with Gasteiger partial charge in [-0.25, -0.2) is 4.79 Å². The van der Waals surface area contributed by atoms with Gasteiger partial charge in [-0.15, -0.1) is 0 Å². The minimum absolute atomic E-state index is 0.129. The molecule has 5 nitrogen and oxygen atoms in total. The van der Waals surface area contributed by atoms with Gasteiger partial charge in [0.1, 0.15) is 0 Å². The summed E-state index contributed by atoms with van der Waals surface area (Å²) in [5.41, 5.74) is 3.26. The zero-order valence-electron chi connectivity index (χ0n) is 15.4. The quantitative estimate of drug-likeness (QED) is 0.857. The van der Waals surface area contributed by atoms with Gasteiger partial charge < -0.3 is 19.4 Å². The second-order valence-electron chi connectivity index (χ2n) is 7.38. The number of esters is 1. The molecule has 0 spiro atoms. The third-order valence-corrected chi connectivity index (χ3v) is 5.95. The van der Waals surface area contributed by atoms with E-state index in [1.54, 1.807) is 6.26 Å². The van der Waals surface area contributed by atoms with Gasteiger partial charge in [-0.2, -0.15) is 0 Å². The summed E-state index contributed by atoms with van der Waals surface area (Å²) in [6.07, 6.45) is 5.88. The number of para-hydroxylation sites is 1. The Morgan fingerprint density at radius 1 is 1.38 bits per heavy atom. The van der Waals surface area contributed by atoms with Crippen LogP contribution in [0.1, 0.15) is 18.9 Å². The molecule has 5 heteroatoms. The van der Waals surface area contributed by atoms with Crippen LogP contribution in [0.15, 0.2) is 42.3 Å². The maximum atomic E-state index is 12.0. The van der Waals surface area contributed by atoms with E-state index in [0.29, 0.717) is 11.5 Å². The molecule has 1 fully saturated rings. The highest BCUT2D eigenvalue weighted by atomic mass is 16.5. The number of carbonyl (C=O) groups excluding carboxylic acids is 1. The van der Waals surface area contributed by atoms with Crippen LogP contribution in [0.4, 0.5) is 0 Å². The smallest absolute Gasteiger partial charge is 0.337 e. The summed E-state index contributed by atoms with van der Waals surface area (Å²) in [6, 6.07) is 8.45. The van der Waals surface area contributed by atoms with Crippen molar-refractivity contribution in [2.45, 2.75) is 25.9 Å². The number of hydrogen-bond acceptors (Lipinski definition) is 4. The van der Waals surface area contributed by atoms with Crippen molar-refractivity contribution in [1.82, 2.24) is 9.88 Å². The number of likely N-dealkylation sites (tertiary alicyclic amines) is 1. The SMILES string of the molecule is COC(=O)C1=CO[C@H](C)[C@H]2CN(CCc3c[nH]c4ccccc34)CC[C@H]12. The second-order valence-corrected chi connectivity index (χ2v) is 7.38. The fourth-order valence-electron chi connectivity index (χ4n) is 4.42. The maximum Gasteiger partial charge on any atom is 0.337 e. The summed E-state index contributed by atoms with van der Waals surface area (Å²) in [5.74, 6) is 0.334. The standard InChI is InChI=1S/C21H26N2O3/c1-14-18-12-23(10-8-17(18)19(13-26-14)21(24)25-2)9-7-15-11-22-20-6-4-3-5-16(15)20/h3-6,11,13-14,17-18,22H,7-10,12H2,1-2H3/t14-,17+,18-/m1/s1. The highest BCUT2D eigenvalue weighted by molar-refractivity contribution is 5.89. The molecule has 1 aromatic carbocycles. The van der Waals surface area contributed by atoms with Crippen LogP contribution in [0.5, 0.6) is 0 Å². The number of carbonyl (C=O) groups is 1. The summed E-state index contributed by atoms with van der Waals surface area (Å²) in [7, 11) is 1.44. The van der Waals surface area contributed by atoms with Crippen molar-refractivity contribution < 1.29 is 14.3 Å². The van der Waals surface area contributed by atoms with Gasteiger partial charge in [0.25, 0.3) is 0 Å². The molecule has 26 heavy (non-hydrogen) atoms. The molecule has 138 valence electrons.